The van der Waals surface area contributed by atoms with Crippen LogP contribution in [0.1, 0.15) is 38.6 Å². The van der Waals surface area contributed by atoms with E-state index in [1.807, 2.05) is 0 Å². The first kappa shape index (κ1) is 20.9. The van der Waals surface area contributed by atoms with Gasteiger partial charge in [0.1, 0.15) is 16.4 Å². The summed E-state index contributed by atoms with van der Waals surface area (Å²) >= 11 is 1.16. The molecule has 0 saturated carbocycles. The lowest BCUT2D eigenvalue weighted by Crippen LogP contribution is -2.44. The highest BCUT2D eigenvalue weighted by Gasteiger charge is 2.28. The van der Waals surface area contributed by atoms with E-state index in [1.165, 1.54) is 7.05 Å². The summed E-state index contributed by atoms with van der Waals surface area (Å²) in [5.41, 5.74) is 0. The number of amides is 1. The standard InChI is InChI=1S/C18H27N5O3S2/c1-14(2)23-13-19-20-16(23)11-15-6-8-22(9-7-15)17(24)12-21(3)28(25,26)18-5-4-10-27-18/h4-5,10,13-15H,6-9,11-12H2,1-3H3. The highest BCUT2D eigenvalue weighted by Crippen LogP contribution is 2.23. The molecule has 8 nitrogen and oxygen atoms in total. The third-order valence-electron chi connectivity index (χ3n) is 5.16. The maximum absolute atomic E-state index is 12.6. The fourth-order valence-corrected chi connectivity index (χ4v) is 5.75. The fourth-order valence-electron chi connectivity index (χ4n) is 3.43. The molecule has 0 N–H and O–H groups in total. The number of thiophene rings is 1. The molecule has 1 amide bonds. The Bertz CT molecular complexity index is 884. The quantitative estimate of drug-likeness (QED) is 0.677. The minimum absolute atomic E-state index is 0.132. The molecule has 3 rings (SSSR count). The Morgan fingerprint density at radius 3 is 2.68 bits per heavy atom. The normalized spacial score (nSPS) is 16.2. The second kappa shape index (κ2) is 8.71. The third-order valence-corrected chi connectivity index (χ3v) is 8.34. The van der Waals surface area contributed by atoms with Gasteiger partial charge in [-0.3, -0.25) is 4.79 Å². The molecule has 1 aliphatic heterocycles. The molecule has 0 aromatic carbocycles. The highest BCUT2D eigenvalue weighted by atomic mass is 32.2. The summed E-state index contributed by atoms with van der Waals surface area (Å²) in [4.78, 5) is 14.4. The third kappa shape index (κ3) is 4.61. The molecule has 3 heterocycles. The summed E-state index contributed by atoms with van der Waals surface area (Å²) < 4.78 is 28.4. The van der Waals surface area contributed by atoms with Crippen molar-refractivity contribution in [3.8, 4) is 0 Å². The number of sulfonamides is 1. The minimum atomic E-state index is -3.60. The maximum Gasteiger partial charge on any atom is 0.252 e. The fraction of sp³-hybridized carbons (Fsp3) is 0.611. The van der Waals surface area contributed by atoms with Gasteiger partial charge in [0, 0.05) is 32.6 Å². The average Bonchev–Trinajstić information content (AvgIpc) is 3.34. The van der Waals surface area contributed by atoms with Crippen molar-refractivity contribution >= 4 is 27.3 Å². The summed E-state index contributed by atoms with van der Waals surface area (Å²) in [7, 11) is -2.14. The van der Waals surface area contributed by atoms with Gasteiger partial charge in [-0.05, 0) is 44.1 Å². The van der Waals surface area contributed by atoms with Crippen LogP contribution in [-0.2, 0) is 21.2 Å². The molecule has 28 heavy (non-hydrogen) atoms. The van der Waals surface area contributed by atoms with Crippen molar-refractivity contribution in [3.05, 3.63) is 29.7 Å². The topological polar surface area (TPSA) is 88.4 Å². The molecule has 154 valence electrons. The number of hydrogen-bond donors (Lipinski definition) is 0. The first-order valence-corrected chi connectivity index (χ1v) is 11.8. The van der Waals surface area contributed by atoms with E-state index in [0.717, 1.165) is 40.7 Å². The number of likely N-dealkylation sites (tertiary alicyclic amines) is 1. The molecule has 0 spiro atoms. The molecule has 1 aliphatic rings. The van der Waals surface area contributed by atoms with Gasteiger partial charge in [-0.2, -0.15) is 4.31 Å². The van der Waals surface area contributed by atoms with Gasteiger partial charge < -0.3 is 9.47 Å². The minimum Gasteiger partial charge on any atom is -0.342 e. The molecule has 0 atom stereocenters. The van der Waals surface area contributed by atoms with Gasteiger partial charge in [-0.25, -0.2) is 8.42 Å². The van der Waals surface area contributed by atoms with E-state index >= 15 is 0 Å². The van der Waals surface area contributed by atoms with Crippen LogP contribution in [0.15, 0.2) is 28.0 Å². The Labute approximate surface area is 170 Å². The van der Waals surface area contributed by atoms with E-state index < -0.39 is 10.0 Å². The largest absolute Gasteiger partial charge is 0.342 e. The molecule has 0 unspecified atom stereocenters. The van der Waals surface area contributed by atoms with Crippen molar-refractivity contribution in [2.24, 2.45) is 5.92 Å². The molecule has 0 bridgehead atoms. The van der Waals surface area contributed by atoms with Crippen LogP contribution in [0, 0.1) is 5.92 Å². The zero-order chi connectivity index (χ0) is 20.3. The van der Waals surface area contributed by atoms with Crippen LogP contribution >= 0.6 is 11.3 Å². The predicted octanol–water partition coefficient (Wildman–Crippen LogP) is 2.02. The van der Waals surface area contributed by atoms with Crippen LogP contribution in [-0.4, -0.2) is 65.0 Å². The monoisotopic (exact) mass is 425 g/mol. The van der Waals surface area contributed by atoms with Gasteiger partial charge in [0.05, 0.1) is 6.54 Å². The second-order valence-electron chi connectivity index (χ2n) is 7.47. The Hall–Kier alpha value is -1.78. The van der Waals surface area contributed by atoms with Crippen molar-refractivity contribution < 1.29 is 13.2 Å². The van der Waals surface area contributed by atoms with Crippen LogP contribution in [0.2, 0.25) is 0 Å². The zero-order valence-corrected chi connectivity index (χ0v) is 18.1. The van der Waals surface area contributed by atoms with Crippen LogP contribution in [0.4, 0.5) is 0 Å². The number of hydrogen-bond acceptors (Lipinski definition) is 6. The van der Waals surface area contributed by atoms with E-state index in [0.29, 0.717) is 25.0 Å². The van der Waals surface area contributed by atoms with Gasteiger partial charge in [-0.15, -0.1) is 21.5 Å². The highest BCUT2D eigenvalue weighted by molar-refractivity contribution is 7.91. The molecule has 2 aromatic rings. The van der Waals surface area contributed by atoms with Gasteiger partial charge in [-0.1, -0.05) is 6.07 Å². The molecular formula is C18H27N5O3S2. The second-order valence-corrected chi connectivity index (χ2v) is 10.7. The molecule has 1 saturated heterocycles. The van der Waals surface area contributed by atoms with E-state index in [9.17, 15) is 13.2 Å². The summed E-state index contributed by atoms with van der Waals surface area (Å²) in [6, 6.07) is 3.58. The number of carbonyl (C=O) groups excluding carboxylic acids is 1. The van der Waals surface area contributed by atoms with Gasteiger partial charge in [0.25, 0.3) is 10.0 Å². The lowest BCUT2D eigenvalue weighted by Gasteiger charge is -2.33. The van der Waals surface area contributed by atoms with E-state index in [-0.39, 0.29) is 16.7 Å². The van der Waals surface area contributed by atoms with Crippen LogP contribution in [0.3, 0.4) is 0 Å². The lowest BCUT2D eigenvalue weighted by molar-refractivity contribution is -0.132. The number of likely N-dealkylation sites (N-methyl/N-ethyl adjacent to an activating group) is 1. The van der Waals surface area contributed by atoms with E-state index in [4.69, 9.17) is 0 Å². The van der Waals surface area contributed by atoms with Crippen molar-refractivity contribution in [2.75, 3.05) is 26.7 Å². The summed E-state index contributed by atoms with van der Waals surface area (Å²) in [6.07, 6.45) is 4.39. The van der Waals surface area contributed by atoms with E-state index in [2.05, 4.69) is 28.6 Å². The lowest BCUT2D eigenvalue weighted by atomic mass is 9.93. The van der Waals surface area contributed by atoms with Crippen LogP contribution < -0.4 is 0 Å². The number of aromatic nitrogens is 3. The van der Waals surface area contributed by atoms with Gasteiger partial charge >= 0.3 is 0 Å². The molecule has 2 aromatic heterocycles. The van der Waals surface area contributed by atoms with Crippen molar-refractivity contribution in [1.82, 2.24) is 24.0 Å². The Morgan fingerprint density at radius 2 is 2.07 bits per heavy atom. The average molecular weight is 426 g/mol. The number of nitrogens with zero attached hydrogens (tertiary/aromatic N) is 5. The SMILES string of the molecule is CC(C)n1cnnc1CC1CCN(C(=O)CN(C)S(=O)(=O)c2cccs2)CC1. The summed E-state index contributed by atoms with van der Waals surface area (Å²) in [6.45, 7) is 5.37. The van der Waals surface area contributed by atoms with Gasteiger partial charge in [0.15, 0.2) is 0 Å². The van der Waals surface area contributed by atoms with Gasteiger partial charge in [0.2, 0.25) is 5.91 Å². The van der Waals surface area contributed by atoms with Crippen molar-refractivity contribution in [1.29, 1.82) is 0 Å². The molecule has 0 radical (unpaired) electrons. The Morgan fingerprint density at radius 1 is 1.36 bits per heavy atom. The Kier molecular flexibility index (Phi) is 6.51. The van der Waals surface area contributed by atoms with Crippen LogP contribution in [0.5, 0.6) is 0 Å². The summed E-state index contributed by atoms with van der Waals surface area (Å²) in [5.74, 6) is 1.30. The maximum atomic E-state index is 12.6. The van der Waals surface area contributed by atoms with Crippen molar-refractivity contribution in [2.45, 2.75) is 43.4 Å². The summed E-state index contributed by atoms with van der Waals surface area (Å²) in [5, 5.41) is 9.97. The number of piperidine rings is 1. The van der Waals surface area contributed by atoms with Crippen molar-refractivity contribution in [3.63, 3.8) is 0 Å². The Balaban J connectivity index is 1.52. The first-order chi connectivity index (χ1) is 13.3. The molecule has 10 heteroatoms. The van der Waals surface area contributed by atoms with Crippen LogP contribution in [0.25, 0.3) is 0 Å². The molecule has 0 aliphatic carbocycles. The number of carbonyl (C=O) groups is 1. The zero-order valence-electron chi connectivity index (χ0n) is 16.5. The predicted molar refractivity (Wildman–Crippen MR) is 108 cm³/mol. The molecule has 1 fully saturated rings. The first-order valence-electron chi connectivity index (χ1n) is 9.45. The number of rotatable bonds is 7. The van der Waals surface area contributed by atoms with E-state index in [1.54, 1.807) is 28.7 Å². The smallest absolute Gasteiger partial charge is 0.252 e. The molecular weight excluding hydrogens is 398 g/mol.